The zero-order valence-electron chi connectivity index (χ0n) is 12.0. The van der Waals surface area contributed by atoms with Gasteiger partial charge in [-0.1, -0.05) is 31.2 Å². The molecule has 104 valence electrons. The molecule has 2 aromatic carbocycles. The Bertz CT molecular complexity index is 658. The number of hydrogen-bond donors (Lipinski definition) is 0. The Morgan fingerprint density at radius 2 is 1.75 bits per heavy atom. The zero-order valence-corrected chi connectivity index (χ0v) is 12.0. The van der Waals surface area contributed by atoms with Gasteiger partial charge in [0.25, 0.3) is 0 Å². The van der Waals surface area contributed by atoms with Crippen molar-refractivity contribution in [2.75, 3.05) is 0 Å². The molecule has 3 heteroatoms. The number of rotatable bonds is 5. The molecule has 2 aromatic rings. The van der Waals surface area contributed by atoms with Gasteiger partial charge in [-0.15, -0.1) is 0 Å². The molecule has 0 amide bonds. The first-order valence-corrected chi connectivity index (χ1v) is 6.76. The molecule has 20 heavy (non-hydrogen) atoms. The van der Waals surface area contributed by atoms with Gasteiger partial charge in [0.05, 0.1) is 0 Å². The van der Waals surface area contributed by atoms with Crippen molar-refractivity contribution in [3.8, 4) is 5.75 Å². The van der Waals surface area contributed by atoms with Gasteiger partial charge in [-0.05, 0) is 31.4 Å². The molecular weight excluding hydrogens is 252 g/mol. The lowest BCUT2D eigenvalue weighted by atomic mass is 10.0. The van der Waals surface area contributed by atoms with Crippen LogP contribution < -0.4 is 4.74 Å². The van der Waals surface area contributed by atoms with Crippen LogP contribution in [0.2, 0.25) is 0 Å². The molecule has 2 rings (SSSR count). The number of ketones is 2. The van der Waals surface area contributed by atoms with E-state index in [9.17, 15) is 9.59 Å². The van der Waals surface area contributed by atoms with Crippen molar-refractivity contribution in [3.63, 3.8) is 0 Å². The van der Waals surface area contributed by atoms with Gasteiger partial charge >= 0.3 is 0 Å². The molecule has 0 aliphatic carbocycles. The number of benzene rings is 2. The fraction of sp³-hybridized carbons (Fsp3) is 0.294. The van der Waals surface area contributed by atoms with Crippen LogP contribution >= 0.6 is 0 Å². The number of fused-ring (bicyclic) bond motifs is 1. The Hall–Kier alpha value is -2.16. The van der Waals surface area contributed by atoms with Crippen LogP contribution in [0.15, 0.2) is 36.4 Å². The highest BCUT2D eigenvalue weighted by Crippen LogP contribution is 2.29. The van der Waals surface area contributed by atoms with Crippen molar-refractivity contribution in [2.45, 2.75) is 33.3 Å². The summed E-state index contributed by atoms with van der Waals surface area (Å²) in [6, 6.07) is 11.1. The molecule has 0 aromatic heterocycles. The Balaban J connectivity index is 2.48. The average Bonchev–Trinajstić information content (AvgIpc) is 2.46. The maximum Gasteiger partial charge on any atom is 0.172 e. The number of hydrogen-bond acceptors (Lipinski definition) is 3. The summed E-state index contributed by atoms with van der Waals surface area (Å²) in [6.07, 6.45) is -0.0310. The molecule has 0 fully saturated rings. The summed E-state index contributed by atoms with van der Waals surface area (Å²) in [7, 11) is 0. The SMILES string of the molecule is CCC(=O)[C@H](C)Oc1ccc(C(C)=O)c2ccccc12. The first-order chi connectivity index (χ1) is 9.54. The Morgan fingerprint density at radius 1 is 1.10 bits per heavy atom. The fourth-order valence-corrected chi connectivity index (χ4v) is 2.22. The third-order valence-electron chi connectivity index (χ3n) is 3.37. The van der Waals surface area contributed by atoms with Crippen LogP contribution in [0, 0.1) is 0 Å². The third-order valence-corrected chi connectivity index (χ3v) is 3.37. The quantitative estimate of drug-likeness (QED) is 0.776. The van der Waals surface area contributed by atoms with Gasteiger partial charge < -0.3 is 4.74 Å². The molecule has 0 aliphatic rings. The number of Topliss-reactive ketones (excluding diaryl/α,β-unsaturated/α-hetero) is 2. The smallest absolute Gasteiger partial charge is 0.172 e. The molecule has 0 aliphatic heterocycles. The maximum absolute atomic E-state index is 11.7. The molecule has 0 bridgehead atoms. The van der Waals surface area contributed by atoms with Crippen LogP contribution in [0.4, 0.5) is 0 Å². The largest absolute Gasteiger partial charge is 0.482 e. The Morgan fingerprint density at radius 3 is 2.35 bits per heavy atom. The normalized spacial score (nSPS) is 12.2. The van der Waals surface area contributed by atoms with Crippen molar-refractivity contribution in [2.24, 2.45) is 0 Å². The Labute approximate surface area is 118 Å². The minimum absolute atomic E-state index is 0.0189. The van der Waals surface area contributed by atoms with Gasteiger partial charge in [-0.2, -0.15) is 0 Å². The van der Waals surface area contributed by atoms with E-state index in [1.165, 1.54) is 0 Å². The van der Waals surface area contributed by atoms with Crippen molar-refractivity contribution < 1.29 is 14.3 Å². The second kappa shape index (κ2) is 5.87. The van der Waals surface area contributed by atoms with Crippen LogP contribution in [-0.4, -0.2) is 17.7 Å². The van der Waals surface area contributed by atoms with Gasteiger partial charge in [-0.3, -0.25) is 9.59 Å². The van der Waals surface area contributed by atoms with Crippen LogP contribution in [0.1, 0.15) is 37.6 Å². The molecule has 0 N–H and O–H groups in total. The van der Waals surface area contributed by atoms with Crippen molar-refractivity contribution >= 4 is 22.3 Å². The molecular formula is C17H18O3. The van der Waals surface area contributed by atoms with Crippen LogP contribution in [0.5, 0.6) is 5.75 Å². The van der Waals surface area contributed by atoms with E-state index in [2.05, 4.69) is 0 Å². The molecule has 0 saturated heterocycles. The van der Waals surface area contributed by atoms with Gasteiger partial charge in [0.2, 0.25) is 0 Å². The highest BCUT2D eigenvalue weighted by molar-refractivity contribution is 6.08. The molecule has 1 atom stereocenters. The molecule has 0 saturated carbocycles. The van der Waals surface area contributed by atoms with Crippen molar-refractivity contribution in [1.29, 1.82) is 0 Å². The van der Waals surface area contributed by atoms with Crippen LogP contribution in [0.25, 0.3) is 10.8 Å². The van der Waals surface area contributed by atoms with E-state index in [-0.39, 0.29) is 11.6 Å². The summed E-state index contributed by atoms with van der Waals surface area (Å²) < 4.78 is 5.75. The van der Waals surface area contributed by atoms with Crippen molar-refractivity contribution in [3.05, 3.63) is 42.0 Å². The lowest BCUT2D eigenvalue weighted by Crippen LogP contribution is -2.22. The maximum atomic E-state index is 11.7. The second-order valence-corrected chi connectivity index (χ2v) is 4.79. The topological polar surface area (TPSA) is 43.4 Å². The van der Waals surface area contributed by atoms with E-state index in [4.69, 9.17) is 4.74 Å². The minimum Gasteiger partial charge on any atom is -0.482 e. The van der Waals surface area contributed by atoms with E-state index < -0.39 is 6.10 Å². The summed E-state index contributed by atoms with van der Waals surface area (Å²) in [5.74, 6) is 0.718. The van der Waals surface area contributed by atoms with Crippen LogP contribution in [0.3, 0.4) is 0 Å². The van der Waals surface area contributed by atoms with E-state index in [0.29, 0.717) is 17.7 Å². The van der Waals surface area contributed by atoms with E-state index >= 15 is 0 Å². The molecule has 0 unspecified atom stereocenters. The van der Waals surface area contributed by atoms with E-state index in [1.54, 1.807) is 26.0 Å². The first kappa shape index (κ1) is 14.3. The summed E-state index contributed by atoms with van der Waals surface area (Å²) in [6.45, 7) is 5.12. The minimum atomic E-state index is -0.480. The number of carbonyl (C=O) groups excluding carboxylic acids is 2. The molecule has 0 heterocycles. The number of ether oxygens (including phenoxy) is 1. The lowest BCUT2D eigenvalue weighted by Gasteiger charge is -2.15. The zero-order chi connectivity index (χ0) is 14.7. The fourth-order valence-electron chi connectivity index (χ4n) is 2.22. The van der Waals surface area contributed by atoms with Gasteiger partial charge in [-0.25, -0.2) is 0 Å². The second-order valence-electron chi connectivity index (χ2n) is 4.79. The summed E-state index contributed by atoms with van der Waals surface area (Å²) in [5, 5.41) is 1.71. The molecule has 3 nitrogen and oxygen atoms in total. The van der Waals surface area contributed by atoms with Gasteiger partial charge in [0, 0.05) is 17.4 Å². The highest BCUT2D eigenvalue weighted by atomic mass is 16.5. The lowest BCUT2D eigenvalue weighted by molar-refractivity contribution is -0.124. The van der Waals surface area contributed by atoms with Crippen molar-refractivity contribution in [1.82, 2.24) is 0 Å². The van der Waals surface area contributed by atoms with E-state index in [1.807, 2.05) is 31.2 Å². The first-order valence-electron chi connectivity index (χ1n) is 6.76. The third kappa shape index (κ3) is 2.72. The van der Waals surface area contributed by atoms with Gasteiger partial charge in [0.15, 0.2) is 17.7 Å². The molecule has 0 radical (unpaired) electrons. The Kier molecular flexibility index (Phi) is 4.18. The highest BCUT2D eigenvalue weighted by Gasteiger charge is 2.15. The standard InChI is InChI=1S/C17H18O3/c1-4-16(19)12(3)20-17-10-9-13(11(2)18)14-7-5-6-8-15(14)17/h5-10,12H,4H2,1-3H3/t12-/m0/s1. The summed E-state index contributed by atoms with van der Waals surface area (Å²) in [4.78, 5) is 23.3. The van der Waals surface area contributed by atoms with Crippen LogP contribution in [-0.2, 0) is 4.79 Å². The summed E-state index contributed by atoms with van der Waals surface area (Å²) in [5.41, 5.74) is 0.669. The average molecular weight is 270 g/mol. The molecule has 0 spiro atoms. The predicted molar refractivity (Wildman–Crippen MR) is 79.3 cm³/mol. The number of carbonyl (C=O) groups is 2. The summed E-state index contributed by atoms with van der Waals surface area (Å²) >= 11 is 0. The van der Waals surface area contributed by atoms with E-state index in [0.717, 1.165) is 10.8 Å². The monoisotopic (exact) mass is 270 g/mol. The van der Waals surface area contributed by atoms with Gasteiger partial charge in [0.1, 0.15) is 5.75 Å². The predicted octanol–water partition coefficient (Wildman–Crippen LogP) is 3.79.